The molecule has 5 aromatic rings. The highest BCUT2D eigenvalue weighted by atomic mass is 35.5. The molecule has 0 fully saturated rings. The standard InChI is InChI=1S/C26H21ClN4OS/c1-16-13-14-20(27)24-23(16)29-26(33-24)31-21(15-17(2)30-31)28-25(32)22(18-9-5-3-6-10-18)19-11-7-4-8-12-19/h3-15,22H,1-2H3,(H,28,32). The van der Waals surface area contributed by atoms with Gasteiger partial charge in [-0.3, -0.25) is 4.79 Å². The lowest BCUT2D eigenvalue weighted by molar-refractivity contribution is -0.116. The van der Waals surface area contributed by atoms with E-state index in [0.29, 0.717) is 16.0 Å². The molecule has 1 N–H and O–H groups in total. The van der Waals surface area contributed by atoms with Crippen LogP contribution in [0.2, 0.25) is 5.02 Å². The van der Waals surface area contributed by atoms with Crippen molar-refractivity contribution in [2.45, 2.75) is 19.8 Å². The first kappa shape index (κ1) is 21.4. The fourth-order valence-electron chi connectivity index (χ4n) is 3.90. The number of carbonyl (C=O) groups excluding carboxylic acids is 1. The third-order valence-electron chi connectivity index (χ3n) is 5.48. The summed E-state index contributed by atoms with van der Waals surface area (Å²) in [6, 6.07) is 25.2. The summed E-state index contributed by atoms with van der Waals surface area (Å²) in [5.41, 5.74) is 4.51. The van der Waals surface area contributed by atoms with Gasteiger partial charge >= 0.3 is 0 Å². The summed E-state index contributed by atoms with van der Waals surface area (Å²) in [6.45, 7) is 3.90. The van der Waals surface area contributed by atoms with Crippen molar-refractivity contribution in [3.05, 3.63) is 106 Å². The molecule has 5 rings (SSSR count). The van der Waals surface area contributed by atoms with Crippen LogP contribution in [0.15, 0.2) is 78.9 Å². The quantitative estimate of drug-likeness (QED) is 0.316. The molecule has 33 heavy (non-hydrogen) atoms. The van der Waals surface area contributed by atoms with E-state index in [0.717, 1.165) is 32.6 Å². The topological polar surface area (TPSA) is 59.8 Å². The zero-order valence-corrected chi connectivity index (χ0v) is 19.7. The molecule has 0 bridgehead atoms. The Morgan fingerprint density at radius 3 is 2.21 bits per heavy atom. The van der Waals surface area contributed by atoms with E-state index in [4.69, 9.17) is 16.6 Å². The maximum absolute atomic E-state index is 13.6. The molecule has 3 aromatic carbocycles. The summed E-state index contributed by atoms with van der Waals surface area (Å²) in [5.74, 6) is -0.0193. The minimum absolute atomic E-state index is 0.135. The van der Waals surface area contributed by atoms with Crippen molar-refractivity contribution in [1.29, 1.82) is 0 Å². The lowest BCUT2D eigenvalue weighted by Crippen LogP contribution is -2.23. The molecule has 0 unspecified atom stereocenters. The lowest BCUT2D eigenvalue weighted by Gasteiger charge is -2.18. The van der Waals surface area contributed by atoms with Gasteiger partial charge in [-0.2, -0.15) is 9.78 Å². The number of fused-ring (bicyclic) bond motifs is 1. The van der Waals surface area contributed by atoms with Gasteiger partial charge in [-0.15, -0.1) is 0 Å². The van der Waals surface area contributed by atoms with Crippen molar-refractivity contribution in [3.8, 4) is 5.13 Å². The van der Waals surface area contributed by atoms with Gasteiger partial charge in [0.05, 0.1) is 26.9 Å². The van der Waals surface area contributed by atoms with Crippen LogP contribution >= 0.6 is 22.9 Å². The lowest BCUT2D eigenvalue weighted by atomic mass is 9.90. The van der Waals surface area contributed by atoms with E-state index in [1.165, 1.54) is 11.3 Å². The van der Waals surface area contributed by atoms with Gasteiger partial charge in [0.25, 0.3) is 0 Å². The molecule has 2 heterocycles. The van der Waals surface area contributed by atoms with E-state index in [2.05, 4.69) is 10.4 Å². The van der Waals surface area contributed by atoms with Gasteiger partial charge in [0.15, 0.2) is 0 Å². The van der Waals surface area contributed by atoms with Crippen molar-refractivity contribution in [3.63, 3.8) is 0 Å². The van der Waals surface area contributed by atoms with Crippen LogP contribution < -0.4 is 5.32 Å². The van der Waals surface area contributed by atoms with Gasteiger partial charge in [0.2, 0.25) is 11.0 Å². The van der Waals surface area contributed by atoms with Crippen LogP contribution in [0.25, 0.3) is 15.3 Å². The first-order valence-corrected chi connectivity index (χ1v) is 11.7. The van der Waals surface area contributed by atoms with Gasteiger partial charge in [-0.1, -0.05) is 89.7 Å². The highest BCUT2D eigenvalue weighted by Gasteiger charge is 2.25. The minimum Gasteiger partial charge on any atom is -0.310 e. The van der Waals surface area contributed by atoms with Crippen LogP contribution in [0.5, 0.6) is 0 Å². The largest absolute Gasteiger partial charge is 0.310 e. The highest BCUT2D eigenvalue weighted by molar-refractivity contribution is 7.21. The summed E-state index contributed by atoms with van der Waals surface area (Å²) >= 11 is 7.86. The zero-order chi connectivity index (χ0) is 22.9. The molecule has 0 spiro atoms. The van der Waals surface area contributed by atoms with Crippen LogP contribution in [0.4, 0.5) is 5.82 Å². The first-order valence-electron chi connectivity index (χ1n) is 10.5. The normalized spacial score (nSPS) is 11.3. The Morgan fingerprint density at radius 1 is 0.970 bits per heavy atom. The van der Waals surface area contributed by atoms with E-state index in [-0.39, 0.29) is 5.91 Å². The summed E-state index contributed by atoms with van der Waals surface area (Å²) < 4.78 is 2.59. The summed E-state index contributed by atoms with van der Waals surface area (Å²) in [5, 5.41) is 9.00. The van der Waals surface area contributed by atoms with Crippen molar-refractivity contribution in [2.24, 2.45) is 0 Å². The van der Waals surface area contributed by atoms with E-state index in [9.17, 15) is 4.79 Å². The summed E-state index contributed by atoms with van der Waals surface area (Å²) in [6.07, 6.45) is 0. The number of benzene rings is 3. The van der Waals surface area contributed by atoms with Crippen LogP contribution in [-0.2, 0) is 4.79 Å². The zero-order valence-electron chi connectivity index (χ0n) is 18.1. The number of carbonyl (C=O) groups is 1. The third kappa shape index (κ3) is 4.15. The Morgan fingerprint density at radius 2 is 1.61 bits per heavy atom. The van der Waals surface area contributed by atoms with Gasteiger partial charge in [0, 0.05) is 6.07 Å². The third-order valence-corrected chi connectivity index (χ3v) is 6.97. The van der Waals surface area contributed by atoms with E-state index < -0.39 is 5.92 Å². The average molecular weight is 473 g/mol. The maximum Gasteiger partial charge on any atom is 0.237 e. The molecule has 0 aliphatic heterocycles. The Balaban J connectivity index is 1.54. The molecule has 2 aromatic heterocycles. The molecular formula is C26H21ClN4OS. The fraction of sp³-hybridized carbons (Fsp3) is 0.115. The second kappa shape index (κ2) is 8.81. The number of thiazole rings is 1. The number of anilines is 1. The van der Waals surface area contributed by atoms with Gasteiger partial charge in [-0.25, -0.2) is 4.98 Å². The van der Waals surface area contributed by atoms with Crippen LogP contribution in [0.3, 0.4) is 0 Å². The number of nitrogens with zero attached hydrogens (tertiary/aromatic N) is 3. The van der Waals surface area contributed by atoms with Gasteiger partial charge < -0.3 is 5.32 Å². The number of hydrogen-bond donors (Lipinski definition) is 1. The second-order valence-electron chi connectivity index (χ2n) is 7.86. The molecule has 1 amide bonds. The molecule has 0 radical (unpaired) electrons. The Labute approximate surface area is 200 Å². The molecule has 0 aliphatic carbocycles. The van der Waals surface area contributed by atoms with Gasteiger partial charge in [-0.05, 0) is 36.6 Å². The van der Waals surface area contributed by atoms with Crippen LogP contribution in [0.1, 0.15) is 28.3 Å². The van der Waals surface area contributed by atoms with E-state index in [1.807, 2.05) is 92.7 Å². The maximum atomic E-state index is 13.6. The SMILES string of the molecule is Cc1cc(NC(=O)C(c2ccccc2)c2ccccc2)n(-c2nc3c(C)ccc(Cl)c3s2)n1. The van der Waals surface area contributed by atoms with E-state index in [1.54, 1.807) is 4.68 Å². The molecule has 5 nitrogen and oxygen atoms in total. The second-order valence-corrected chi connectivity index (χ2v) is 9.25. The predicted octanol–water partition coefficient (Wildman–Crippen LogP) is 6.52. The molecule has 7 heteroatoms. The number of aryl methyl sites for hydroxylation is 2. The smallest absolute Gasteiger partial charge is 0.237 e. The Kier molecular flexibility index (Phi) is 5.70. The van der Waals surface area contributed by atoms with Crippen LogP contribution in [0, 0.1) is 13.8 Å². The van der Waals surface area contributed by atoms with Crippen molar-refractivity contribution in [2.75, 3.05) is 5.32 Å². The molecule has 0 saturated carbocycles. The number of rotatable bonds is 5. The number of aromatic nitrogens is 3. The number of amides is 1. The molecule has 0 atom stereocenters. The molecule has 164 valence electrons. The van der Waals surface area contributed by atoms with Crippen molar-refractivity contribution in [1.82, 2.24) is 14.8 Å². The predicted molar refractivity (Wildman–Crippen MR) is 135 cm³/mol. The van der Waals surface area contributed by atoms with E-state index >= 15 is 0 Å². The first-order chi connectivity index (χ1) is 16.0. The molecular weight excluding hydrogens is 452 g/mol. The fourth-order valence-corrected chi connectivity index (χ4v) is 5.18. The Hall–Kier alpha value is -3.48. The monoisotopic (exact) mass is 472 g/mol. The number of hydrogen-bond acceptors (Lipinski definition) is 4. The minimum atomic E-state index is -0.455. The highest BCUT2D eigenvalue weighted by Crippen LogP contribution is 2.34. The molecule has 0 saturated heterocycles. The number of nitrogens with one attached hydrogen (secondary N) is 1. The van der Waals surface area contributed by atoms with Gasteiger partial charge in [0.1, 0.15) is 5.82 Å². The van der Waals surface area contributed by atoms with Crippen LogP contribution in [-0.4, -0.2) is 20.7 Å². The van der Waals surface area contributed by atoms with Crippen molar-refractivity contribution < 1.29 is 4.79 Å². The number of halogens is 1. The Bertz CT molecular complexity index is 1370. The summed E-state index contributed by atoms with van der Waals surface area (Å²) in [7, 11) is 0. The average Bonchev–Trinajstić information content (AvgIpc) is 3.42. The molecule has 0 aliphatic rings. The van der Waals surface area contributed by atoms with Crippen molar-refractivity contribution >= 4 is 44.9 Å². The summed E-state index contributed by atoms with van der Waals surface area (Å²) in [4.78, 5) is 18.4.